The van der Waals surface area contributed by atoms with Gasteiger partial charge >= 0.3 is 5.97 Å². The Morgan fingerprint density at radius 2 is 1.76 bits per heavy atom. The van der Waals surface area contributed by atoms with E-state index in [-0.39, 0.29) is 11.9 Å². The average Bonchev–Trinajstić information content (AvgIpc) is 3.17. The summed E-state index contributed by atoms with van der Waals surface area (Å²) in [6, 6.07) is 15.2. The average molecular weight is 462 g/mol. The smallest absolute Gasteiger partial charge is 0.341 e. The van der Waals surface area contributed by atoms with Gasteiger partial charge in [0.25, 0.3) is 0 Å². The summed E-state index contributed by atoms with van der Waals surface area (Å²) >= 11 is 1.52. The Morgan fingerprint density at radius 3 is 2.42 bits per heavy atom. The number of benzene rings is 2. The topological polar surface area (TPSA) is 64.6 Å². The molecule has 5 nitrogen and oxygen atoms in total. The van der Waals surface area contributed by atoms with Crippen LogP contribution in [0.2, 0.25) is 0 Å². The number of hydrogen-bond donors (Lipinski definition) is 1. The summed E-state index contributed by atoms with van der Waals surface area (Å²) in [5.41, 5.74) is 3.22. The number of rotatable bonds is 5. The Hall–Kier alpha value is -3.12. The van der Waals surface area contributed by atoms with Crippen molar-refractivity contribution in [3.63, 3.8) is 0 Å². The summed E-state index contributed by atoms with van der Waals surface area (Å²) in [6.07, 6.45) is 3.55. The van der Waals surface area contributed by atoms with Crippen LogP contribution in [0.3, 0.4) is 0 Å². The summed E-state index contributed by atoms with van der Waals surface area (Å²) in [7, 11) is 0. The zero-order valence-electron chi connectivity index (χ0n) is 18.9. The third-order valence-electron chi connectivity index (χ3n) is 6.33. The van der Waals surface area contributed by atoms with Gasteiger partial charge in [0.2, 0.25) is 5.91 Å². The van der Waals surface area contributed by atoms with Crippen molar-refractivity contribution in [2.24, 2.45) is 5.92 Å². The Kier molecular flexibility index (Phi) is 5.94. The Labute approximate surface area is 197 Å². The fourth-order valence-electron chi connectivity index (χ4n) is 4.70. The number of para-hydroxylation sites is 2. The van der Waals surface area contributed by atoms with Crippen molar-refractivity contribution in [3.05, 3.63) is 75.7 Å². The fraction of sp³-hybridized carbons (Fsp3) is 0.333. The summed E-state index contributed by atoms with van der Waals surface area (Å²) < 4.78 is 11.5. The molecule has 0 bridgehead atoms. The second-order valence-corrected chi connectivity index (χ2v) is 9.90. The van der Waals surface area contributed by atoms with Crippen LogP contribution in [0.15, 0.2) is 48.5 Å². The third kappa shape index (κ3) is 4.04. The maximum absolute atomic E-state index is 13.7. The minimum absolute atomic E-state index is 0.172. The number of carbonyl (C=O) groups excluding carboxylic acids is 2. The van der Waals surface area contributed by atoms with Gasteiger partial charge in [-0.15, -0.1) is 11.3 Å². The van der Waals surface area contributed by atoms with Crippen LogP contribution in [0.5, 0.6) is 11.5 Å². The number of hydrogen-bond acceptors (Lipinski definition) is 5. The van der Waals surface area contributed by atoms with Gasteiger partial charge in [0, 0.05) is 16.0 Å². The van der Waals surface area contributed by atoms with Crippen LogP contribution in [-0.4, -0.2) is 18.5 Å². The molecule has 0 spiro atoms. The lowest BCUT2D eigenvalue weighted by Crippen LogP contribution is -2.25. The number of ether oxygens (including phenoxy) is 2. The Morgan fingerprint density at radius 1 is 1.09 bits per heavy atom. The number of fused-ring (bicyclic) bond motifs is 3. The zero-order chi connectivity index (χ0) is 22.9. The summed E-state index contributed by atoms with van der Waals surface area (Å²) in [5, 5.41) is 3.71. The molecule has 0 fully saturated rings. The maximum Gasteiger partial charge on any atom is 0.341 e. The van der Waals surface area contributed by atoms with E-state index in [1.54, 1.807) is 0 Å². The highest BCUT2D eigenvalue weighted by Gasteiger charge is 2.35. The molecule has 5 rings (SSSR count). The molecule has 0 unspecified atom stereocenters. The molecule has 33 heavy (non-hydrogen) atoms. The van der Waals surface area contributed by atoms with Gasteiger partial charge in [-0.25, -0.2) is 4.79 Å². The van der Waals surface area contributed by atoms with E-state index >= 15 is 0 Å². The van der Waals surface area contributed by atoms with Gasteiger partial charge in [0.15, 0.2) is 0 Å². The van der Waals surface area contributed by atoms with E-state index in [0.29, 0.717) is 34.6 Å². The molecule has 2 aliphatic rings. The molecule has 0 saturated carbocycles. The quantitative estimate of drug-likeness (QED) is 0.452. The number of carbonyl (C=O) groups is 2. The first kappa shape index (κ1) is 21.7. The normalized spacial score (nSPS) is 16.7. The first-order valence-corrected chi connectivity index (χ1v) is 12.4. The van der Waals surface area contributed by atoms with Crippen LogP contribution in [0.4, 0.5) is 5.00 Å². The minimum Gasteiger partial charge on any atom is -0.462 e. The summed E-state index contributed by atoms with van der Waals surface area (Å²) in [6.45, 7) is 4.57. The number of thiophene rings is 1. The Bertz CT molecular complexity index is 1170. The van der Waals surface area contributed by atoms with Crippen LogP contribution in [-0.2, 0) is 22.4 Å². The fourth-order valence-corrected chi connectivity index (χ4v) is 6.10. The van der Waals surface area contributed by atoms with Gasteiger partial charge < -0.3 is 14.8 Å². The minimum atomic E-state index is -0.524. The van der Waals surface area contributed by atoms with E-state index in [1.807, 2.05) is 55.5 Å². The van der Waals surface area contributed by atoms with Gasteiger partial charge in [-0.3, -0.25) is 4.79 Å². The Balaban J connectivity index is 1.53. The van der Waals surface area contributed by atoms with Crippen molar-refractivity contribution in [2.45, 2.75) is 45.4 Å². The van der Waals surface area contributed by atoms with E-state index < -0.39 is 5.92 Å². The van der Waals surface area contributed by atoms with Gasteiger partial charge in [-0.05, 0) is 49.3 Å². The second-order valence-electron chi connectivity index (χ2n) is 8.79. The molecule has 170 valence electrons. The molecule has 1 N–H and O–H groups in total. The first-order chi connectivity index (χ1) is 16.1. The van der Waals surface area contributed by atoms with Crippen molar-refractivity contribution in [2.75, 3.05) is 11.9 Å². The van der Waals surface area contributed by atoms with Gasteiger partial charge in [0.1, 0.15) is 16.5 Å². The molecule has 0 saturated heterocycles. The highest BCUT2D eigenvalue weighted by molar-refractivity contribution is 7.17. The molecule has 3 aromatic rings. The van der Waals surface area contributed by atoms with Crippen LogP contribution in [0.1, 0.15) is 64.5 Å². The highest BCUT2D eigenvalue weighted by atomic mass is 32.1. The zero-order valence-corrected chi connectivity index (χ0v) is 19.7. The monoisotopic (exact) mass is 461 g/mol. The van der Waals surface area contributed by atoms with Crippen LogP contribution in [0, 0.1) is 5.92 Å². The van der Waals surface area contributed by atoms with Crippen molar-refractivity contribution in [3.8, 4) is 11.5 Å². The predicted octanol–water partition coefficient (Wildman–Crippen LogP) is 6.32. The molecular weight excluding hydrogens is 434 g/mol. The van der Waals surface area contributed by atoms with Crippen molar-refractivity contribution in [1.82, 2.24) is 0 Å². The standard InChI is InChI=1S/C27H27NO4S/c1-3-14-31-27(30)24-19-13-12-16(2)15-22(19)33-26(24)28-25(29)23-17-8-4-6-10-20(17)32-21-11-7-5-9-18(21)23/h4-11,16,23H,3,12-15H2,1-2H3,(H,28,29)/t16-/m1/s1. The molecule has 6 heteroatoms. The molecule has 1 aromatic heterocycles. The lowest BCUT2D eigenvalue weighted by atomic mass is 9.87. The van der Waals surface area contributed by atoms with Crippen molar-refractivity contribution in [1.29, 1.82) is 0 Å². The van der Waals surface area contributed by atoms with Gasteiger partial charge in [-0.2, -0.15) is 0 Å². The molecular formula is C27H27NO4S. The second kappa shape index (κ2) is 9.02. The lowest BCUT2D eigenvalue weighted by molar-refractivity contribution is -0.116. The molecule has 2 heterocycles. The molecule has 2 aromatic carbocycles. The molecule has 1 atom stereocenters. The summed E-state index contributed by atoms with van der Waals surface area (Å²) in [4.78, 5) is 27.9. The van der Waals surface area contributed by atoms with Crippen LogP contribution in [0.25, 0.3) is 0 Å². The van der Waals surface area contributed by atoms with E-state index in [4.69, 9.17) is 9.47 Å². The number of anilines is 1. The van der Waals surface area contributed by atoms with Gasteiger partial charge in [-0.1, -0.05) is 50.2 Å². The molecule has 1 aliphatic carbocycles. The SMILES string of the molecule is CCCOC(=O)c1c(NC(=O)C2c3ccccc3Oc3ccccc32)sc2c1CC[C@@H](C)C2. The predicted molar refractivity (Wildman–Crippen MR) is 130 cm³/mol. The number of esters is 1. The van der Waals surface area contributed by atoms with E-state index in [9.17, 15) is 9.59 Å². The summed E-state index contributed by atoms with van der Waals surface area (Å²) in [5.74, 6) is 0.884. The maximum atomic E-state index is 13.7. The van der Waals surface area contributed by atoms with Crippen molar-refractivity contribution < 1.29 is 19.1 Å². The van der Waals surface area contributed by atoms with Crippen molar-refractivity contribution >= 4 is 28.2 Å². The van der Waals surface area contributed by atoms with E-state index in [1.165, 1.54) is 16.2 Å². The van der Waals surface area contributed by atoms with E-state index in [2.05, 4.69) is 12.2 Å². The molecule has 0 radical (unpaired) electrons. The molecule has 1 aliphatic heterocycles. The van der Waals surface area contributed by atoms with Crippen LogP contribution >= 0.6 is 11.3 Å². The van der Waals surface area contributed by atoms with E-state index in [0.717, 1.165) is 42.4 Å². The highest BCUT2D eigenvalue weighted by Crippen LogP contribution is 2.45. The largest absolute Gasteiger partial charge is 0.462 e. The number of nitrogens with one attached hydrogen (secondary N) is 1. The van der Waals surface area contributed by atoms with Crippen LogP contribution < -0.4 is 10.1 Å². The number of amides is 1. The molecule has 1 amide bonds. The first-order valence-electron chi connectivity index (χ1n) is 11.5. The lowest BCUT2D eigenvalue weighted by Gasteiger charge is -2.27. The third-order valence-corrected chi connectivity index (χ3v) is 7.50. The van der Waals surface area contributed by atoms with Gasteiger partial charge in [0.05, 0.1) is 18.1 Å².